The smallest absolute Gasteiger partial charge is 0.349 e. The maximum Gasteiger partial charge on any atom is 0.349 e. The van der Waals surface area contributed by atoms with Crippen LogP contribution in [0.1, 0.15) is 13.8 Å². The number of hydrogen-bond acceptors (Lipinski definition) is 8. The number of esters is 1. The Bertz CT molecular complexity index is 946. The van der Waals surface area contributed by atoms with Crippen molar-refractivity contribution in [3.63, 3.8) is 0 Å². The first-order chi connectivity index (χ1) is 13.0. The number of carbonyl (C=O) groups excluding carboxylic acids is 1. The van der Waals surface area contributed by atoms with Gasteiger partial charge in [0.05, 0.1) is 31.0 Å². The molecule has 3 heterocycles. The first-order valence-electron chi connectivity index (χ1n) is 8.17. The van der Waals surface area contributed by atoms with Crippen LogP contribution in [0.4, 0.5) is 0 Å². The summed E-state index contributed by atoms with van der Waals surface area (Å²) in [5.41, 5.74) is 0.439. The Hall–Kier alpha value is -2.78. The molecule has 0 saturated heterocycles. The van der Waals surface area contributed by atoms with Crippen LogP contribution in [0.25, 0.3) is 16.9 Å². The van der Waals surface area contributed by atoms with Crippen molar-refractivity contribution >= 4 is 28.6 Å². The first-order valence-corrected chi connectivity index (χ1v) is 8.54. The lowest BCUT2D eigenvalue weighted by Crippen LogP contribution is -2.34. The lowest BCUT2D eigenvalue weighted by atomic mass is 10.3. The second-order valence-electron chi connectivity index (χ2n) is 5.79. The molecule has 142 valence electrons. The first kappa shape index (κ1) is 19.0. The Morgan fingerprint density at radius 2 is 2.11 bits per heavy atom. The number of pyridine rings is 1. The minimum absolute atomic E-state index is 0.0239. The Balaban J connectivity index is 1.95. The van der Waals surface area contributed by atoms with Crippen LogP contribution >= 0.6 is 11.6 Å². The number of aromatic nitrogens is 5. The average molecular weight is 392 g/mol. The predicted octanol–water partition coefficient (Wildman–Crippen LogP) is 2.21. The summed E-state index contributed by atoms with van der Waals surface area (Å²) in [6.07, 6.45) is 3.39. The van der Waals surface area contributed by atoms with E-state index in [2.05, 4.69) is 20.1 Å². The van der Waals surface area contributed by atoms with Gasteiger partial charge in [-0.1, -0.05) is 11.6 Å². The molecule has 0 bridgehead atoms. The van der Waals surface area contributed by atoms with Crippen molar-refractivity contribution in [2.24, 2.45) is 0 Å². The highest BCUT2D eigenvalue weighted by Gasteiger charge is 2.25. The standard InChI is InChI=1S/C17H18ClN5O4/c1-10(2)26-8-13(17(24)25-3)27-16-11-7-22-23(14(11)20-9-21-16)15-12(18)5-4-6-19-15/h4-7,9-10,13H,8H2,1-3H3. The van der Waals surface area contributed by atoms with Gasteiger partial charge in [0.1, 0.15) is 11.7 Å². The van der Waals surface area contributed by atoms with Gasteiger partial charge in [-0.2, -0.15) is 9.78 Å². The molecule has 0 aliphatic carbocycles. The van der Waals surface area contributed by atoms with Gasteiger partial charge < -0.3 is 14.2 Å². The highest BCUT2D eigenvalue weighted by molar-refractivity contribution is 6.32. The summed E-state index contributed by atoms with van der Waals surface area (Å²) in [4.78, 5) is 24.6. The van der Waals surface area contributed by atoms with Crippen LogP contribution in [0, 0.1) is 0 Å². The topological polar surface area (TPSA) is 101 Å². The fourth-order valence-corrected chi connectivity index (χ4v) is 2.50. The second-order valence-corrected chi connectivity index (χ2v) is 6.20. The largest absolute Gasteiger partial charge is 0.466 e. The van der Waals surface area contributed by atoms with Gasteiger partial charge in [-0.25, -0.2) is 19.7 Å². The Labute approximate surface area is 160 Å². The number of hydrogen-bond donors (Lipinski definition) is 0. The third-order valence-electron chi connectivity index (χ3n) is 3.57. The summed E-state index contributed by atoms with van der Waals surface area (Å²) in [6.45, 7) is 3.74. The number of fused-ring (bicyclic) bond motifs is 1. The van der Waals surface area contributed by atoms with E-state index in [4.69, 9.17) is 25.8 Å². The van der Waals surface area contributed by atoms with E-state index in [1.807, 2.05) is 13.8 Å². The fraction of sp³-hybridized carbons (Fsp3) is 0.353. The molecule has 10 heteroatoms. The molecule has 0 aliphatic heterocycles. The maximum absolute atomic E-state index is 12.0. The quantitative estimate of drug-likeness (QED) is 0.565. The molecule has 27 heavy (non-hydrogen) atoms. The monoisotopic (exact) mass is 391 g/mol. The molecule has 1 atom stereocenters. The van der Waals surface area contributed by atoms with Gasteiger partial charge in [-0.15, -0.1) is 0 Å². The fourth-order valence-electron chi connectivity index (χ4n) is 2.30. The highest BCUT2D eigenvalue weighted by atomic mass is 35.5. The summed E-state index contributed by atoms with van der Waals surface area (Å²) < 4.78 is 17.5. The Morgan fingerprint density at radius 3 is 2.81 bits per heavy atom. The van der Waals surface area contributed by atoms with E-state index in [1.165, 1.54) is 24.3 Å². The van der Waals surface area contributed by atoms with Gasteiger partial charge in [-0.3, -0.25) is 0 Å². The Morgan fingerprint density at radius 1 is 1.30 bits per heavy atom. The second kappa shape index (κ2) is 8.28. The zero-order valence-electron chi connectivity index (χ0n) is 15.0. The van der Waals surface area contributed by atoms with Crippen molar-refractivity contribution in [2.75, 3.05) is 13.7 Å². The molecule has 3 aromatic heterocycles. The van der Waals surface area contributed by atoms with Crippen molar-refractivity contribution in [3.8, 4) is 11.7 Å². The van der Waals surface area contributed by atoms with E-state index in [0.717, 1.165) is 0 Å². The van der Waals surface area contributed by atoms with Crippen molar-refractivity contribution in [2.45, 2.75) is 26.1 Å². The van der Waals surface area contributed by atoms with Crippen LogP contribution in [-0.4, -0.2) is 56.6 Å². The molecule has 0 saturated carbocycles. The van der Waals surface area contributed by atoms with E-state index < -0.39 is 12.1 Å². The molecule has 0 aromatic carbocycles. The van der Waals surface area contributed by atoms with E-state index in [0.29, 0.717) is 21.9 Å². The third kappa shape index (κ3) is 4.15. The van der Waals surface area contributed by atoms with Crippen LogP contribution in [0.15, 0.2) is 30.9 Å². The molecule has 3 rings (SSSR count). The van der Waals surface area contributed by atoms with E-state index in [9.17, 15) is 4.79 Å². The van der Waals surface area contributed by atoms with Crippen LogP contribution in [-0.2, 0) is 14.3 Å². The zero-order chi connectivity index (χ0) is 19.4. The zero-order valence-corrected chi connectivity index (χ0v) is 15.8. The molecule has 0 spiro atoms. The van der Waals surface area contributed by atoms with Gasteiger partial charge in [0.15, 0.2) is 11.5 Å². The number of halogens is 1. The molecule has 9 nitrogen and oxygen atoms in total. The number of methoxy groups -OCH3 is 1. The summed E-state index contributed by atoms with van der Waals surface area (Å²) in [5, 5.41) is 5.19. The maximum atomic E-state index is 12.0. The van der Waals surface area contributed by atoms with E-state index in [1.54, 1.807) is 18.3 Å². The minimum atomic E-state index is -0.975. The van der Waals surface area contributed by atoms with Crippen molar-refractivity contribution < 1.29 is 19.0 Å². The van der Waals surface area contributed by atoms with Gasteiger partial charge in [0, 0.05) is 6.20 Å². The number of nitrogens with zero attached hydrogens (tertiary/aromatic N) is 5. The van der Waals surface area contributed by atoms with E-state index in [-0.39, 0.29) is 18.6 Å². The summed E-state index contributed by atoms with van der Waals surface area (Å²) in [5.74, 6) is 0.0371. The molecule has 0 N–H and O–H groups in total. The summed E-state index contributed by atoms with van der Waals surface area (Å²) in [6, 6.07) is 3.42. The van der Waals surface area contributed by atoms with Gasteiger partial charge in [0.2, 0.25) is 12.0 Å². The summed E-state index contributed by atoms with van der Waals surface area (Å²) in [7, 11) is 1.28. The Kier molecular flexibility index (Phi) is 5.82. The van der Waals surface area contributed by atoms with Crippen molar-refractivity contribution in [1.82, 2.24) is 24.7 Å². The lowest BCUT2D eigenvalue weighted by Gasteiger charge is -2.18. The van der Waals surface area contributed by atoms with Crippen LogP contribution < -0.4 is 4.74 Å². The van der Waals surface area contributed by atoms with Crippen molar-refractivity contribution in [1.29, 1.82) is 0 Å². The average Bonchev–Trinajstić information content (AvgIpc) is 3.09. The molecule has 1 unspecified atom stereocenters. The molecular formula is C17H18ClN5O4. The van der Waals surface area contributed by atoms with Crippen LogP contribution in [0.2, 0.25) is 5.02 Å². The minimum Gasteiger partial charge on any atom is -0.466 e. The molecule has 3 aromatic rings. The SMILES string of the molecule is COC(=O)C(COC(C)C)Oc1ncnc2c1cnn2-c1ncccc1Cl. The van der Waals surface area contributed by atoms with E-state index >= 15 is 0 Å². The number of rotatable bonds is 7. The van der Waals surface area contributed by atoms with Gasteiger partial charge in [-0.05, 0) is 26.0 Å². The normalized spacial score (nSPS) is 12.3. The summed E-state index contributed by atoms with van der Waals surface area (Å²) >= 11 is 6.20. The van der Waals surface area contributed by atoms with Gasteiger partial charge in [0.25, 0.3) is 0 Å². The number of carbonyl (C=O) groups is 1. The van der Waals surface area contributed by atoms with Crippen LogP contribution in [0.5, 0.6) is 5.88 Å². The predicted molar refractivity (Wildman–Crippen MR) is 97.0 cm³/mol. The molecule has 0 fully saturated rings. The molecule has 0 radical (unpaired) electrons. The third-order valence-corrected chi connectivity index (χ3v) is 3.86. The van der Waals surface area contributed by atoms with Crippen LogP contribution in [0.3, 0.4) is 0 Å². The highest BCUT2D eigenvalue weighted by Crippen LogP contribution is 2.26. The molecule has 0 aliphatic rings. The lowest BCUT2D eigenvalue weighted by molar-refractivity contribution is -0.152. The molecular weight excluding hydrogens is 374 g/mol. The van der Waals surface area contributed by atoms with Gasteiger partial charge >= 0.3 is 5.97 Å². The molecule has 0 amide bonds. The number of ether oxygens (including phenoxy) is 3. The van der Waals surface area contributed by atoms with Crippen molar-refractivity contribution in [3.05, 3.63) is 35.9 Å².